The Morgan fingerprint density at radius 2 is 2.08 bits per heavy atom. The van der Waals surface area contributed by atoms with E-state index in [-0.39, 0.29) is 16.3 Å². The van der Waals surface area contributed by atoms with Crippen LogP contribution in [-0.4, -0.2) is 40.4 Å². The Morgan fingerprint density at radius 1 is 1.36 bits per heavy atom. The summed E-state index contributed by atoms with van der Waals surface area (Å²) in [4.78, 5) is 42.8. The predicted octanol–water partition coefficient (Wildman–Crippen LogP) is 1.49. The highest BCUT2D eigenvalue weighted by Gasteiger charge is 2.37. The van der Waals surface area contributed by atoms with Crippen LogP contribution in [0.25, 0.3) is 5.65 Å². The van der Waals surface area contributed by atoms with E-state index in [1.165, 1.54) is 29.7 Å². The molecule has 0 unspecified atom stereocenters. The Kier molecular flexibility index (Phi) is 4.22. The van der Waals surface area contributed by atoms with Gasteiger partial charge in [-0.15, -0.1) is 0 Å². The van der Waals surface area contributed by atoms with E-state index in [1.807, 2.05) is 0 Å². The normalized spacial score (nSPS) is 17.7. The zero-order valence-electron chi connectivity index (χ0n) is 13.7. The monoisotopic (exact) mass is 362 g/mol. The number of methoxy groups -OCH3 is 1. The molecule has 25 heavy (non-hydrogen) atoms. The van der Waals surface area contributed by atoms with Gasteiger partial charge in [0.05, 0.1) is 24.3 Å². The first-order chi connectivity index (χ1) is 11.9. The molecule has 9 heteroatoms. The fraction of sp³-hybridized carbons (Fsp3) is 0.250. The number of hydrogen-bond donors (Lipinski definition) is 1. The summed E-state index contributed by atoms with van der Waals surface area (Å²) in [6, 6.07) is 3.50. The highest BCUT2D eigenvalue weighted by molar-refractivity contribution is 6.30. The largest absolute Gasteiger partial charge is 0.466 e. The minimum absolute atomic E-state index is 0.00608. The smallest absolute Gasteiger partial charge is 0.337 e. The maximum atomic E-state index is 12.9. The summed E-state index contributed by atoms with van der Waals surface area (Å²) in [5.74, 6) is -0.664. The van der Waals surface area contributed by atoms with Crippen molar-refractivity contribution in [1.82, 2.24) is 19.6 Å². The lowest BCUT2D eigenvalue weighted by molar-refractivity contribution is -0.136. The molecule has 8 nitrogen and oxygen atoms in total. The minimum atomic E-state index is -1.05. The molecule has 0 aliphatic carbocycles. The summed E-state index contributed by atoms with van der Waals surface area (Å²) in [5.41, 5.74) is 0.391. The number of nitrogens with one attached hydrogen (secondary N) is 1. The summed E-state index contributed by atoms with van der Waals surface area (Å²) in [6.07, 6.45) is 1.54. The van der Waals surface area contributed by atoms with Crippen LogP contribution in [0.1, 0.15) is 18.5 Å². The summed E-state index contributed by atoms with van der Waals surface area (Å²) >= 11 is 6.22. The van der Waals surface area contributed by atoms with E-state index in [1.54, 1.807) is 25.1 Å². The van der Waals surface area contributed by atoms with Gasteiger partial charge in [0.25, 0.3) is 5.56 Å². The van der Waals surface area contributed by atoms with Gasteiger partial charge in [0.2, 0.25) is 0 Å². The van der Waals surface area contributed by atoms with Gasteiger partial charge in [-0.1, -0.05) is 17.7 Å². The average molecular weight is 363 g/mol. The highest BCUT2D eigenvalue weighted by atomic mass is 35.5. The van der Waals surface area contributed by atoms with Crippen molar-refractivity contribution in [3.63, 3.8) is 0 Å². The number of carbonyl (C=O) groups is 2. The van der Waals surface area contributed by atoms with Gasteiger partial charge in [0, 0.05) is 18.9 Å². The van der Waals surface area contributed by atoms with Gasteiger partial charge in [-0.2, -0.15) is 0 Å². The molecule has 0 saturated heterocycles. The Morgan fingerprint density at radius 3 is 2.76 bits per heavy atom. The van der Waals surface area contributed by atoms with Crippen molar-refractivity contribution in [1.29, 1.82) is 0 Å². The molecule has 1 aliphatic rings. The third-order valence-electron chi connectivity index (χ3n) is 4.17. The first-order valence-corrected chi connectivity index (χ1v) is 7.74. The molecular weight excluding hydrogens is 348 g/mol. The number of nitrogens with zero attached hydrogens (tertiary/aromatic N) is 3. The van der Waals surface area contributed by atoms with Crippen LogP contribution in [-0.2, 0) is 9.53 Å². The number of ether oxygens (including phenoxy) is 1. The molecule has 1 aliphatic heterocycles. The van der Waals surface area contributed by atoms with Gasteiger partial charge in [-0.3, -0.25) is 9.20 Å². The third kappa shape index (κ3) is 2.64. The van der Waals surface area contributed by atoms with E-state index in [2.05, 4.69) is 10.3 Å². The molecule has 0 bridgehead atoms. The van der Waals surface area contributed by atoms with Crippen LogP contribution in [0.3, 0.4) is 0 Å². The fourth-order valence-corrected chi connectivity index (χ4v) is 3.02. The summed E-state index contributed by atoms with van der Waals surface area (Å²) < 4.78 is 6.12. The number of urea groups is 1. The molecule has 1 atom stereocenters. The molecule has 2 aromatic rings. The molecule has 0 radical (unpaired) electrons. The van der Waals surface area contributed by atoms with Gasteiger partial charge < -0.3 is 15.0 Å². The molecular formula is C16H15ClN4O4. The second-order valence-corrected chi connectivity index (χ2v) is 5.84. The van der Waals surface area contributed by atoms with Crippen molar-refractivity contribution >= 4 is 29.2 Å². The number of allylic oxidation sites excluding steroid dienone is 1. The summed E-state index contributed by atoms with van der Waals surface area (Å²) in [7, 11) is 2.74. The second kappa shape index (κ2) is 6.21. The fourth-order valence-electron chi connectivity index (χ4n) is 2.74. The van der Waals surface area contributed by atoms with Crippen LogP contribution in [0, 0.1) is 0 Å². The van der Waals surface area contributed by atoms with Crippen molar-refractivity contribution in [3.8, 4) is 0 Å². The van der Waals surface area contributed by atoms with Crippen LogP contribution >= 0.6 is 11.6 Å². The number of rotatable bonds is 2. The number of carbonyl (C=O) groups excluding carboxylic acids is 2. The molecule has 2 amide bonds. The van der Waals surface area contributed by atoms with Gasteiger partial charge in [0.1, 0.15) is 10.8 Å². The number of esters is 1. The van der Waals surface area contributed by atoms with E-state index in [4.69, 9.17) is 16.3 Å². The van der Waals surface area contributed by atoms with Crippen molar-refractivity contribution in [2.75, 3.05) is 14.2 Å². The minimum Gasteiger partial charge on any atom is -0.466 e. The highest BCUT2D eigenvalue weighted by Crippen LogP contribution is 2.31. The van der Waals surface area contributed by atoms with Crippen molar-refractivity contribution in [3.05, 3.63) is 56.7 Å². The van der Waals surface area contributed by atoms with Crippen LogP contribution in [0.5, 0.6) is 0 Å². The molecule has 1 N–H and O–H groups in total. The number of amides is 2. The number of pyridine rings is 1. The second-order valence-electron chi connectivity index (χ2n) is 5.48. The van der Waals surface area contributed by atoms with Crippen molar-refractivity contribution < 1.29 is 14.3 Å². The Hall–Kier alpha value is -2.87. The first kappa shape index (κ1) is 17.0. The van der Waals surface area contributed by atoms with Gasteiger partial charge in [-0.25, -0.2) is 14.6 Å². The van der Waals surface area contributed by atoms with E-state index >= 15 is 0 Å². The van der Waals surface area contributed by atoms with Gasteiger partial charge in [-0.05, 0) is 19.1 Å². The number of aromatic nitrogens is 2. The maximum Gasteiger partial charge on any atom is 0.337 e. The predicted molar refractivity (Wildman–Crippen MR) is 90.2 cm³/mol. The Balaban J connectivity index is 2.30. The molecule has 0 aromatic carbocycles. The average Bonchev–Trinajstić information content (AvgIpc) is 2.59. The lowest BCUT2D eigenvalue weighted by Gasteiger charge is -2.32. The first-order valence-electron chi connectivity index (χ1n) is 7.37. The number of fused-ring (bicyclic) bond motifs is 1. The third-order valence-corrected chi connectivity index (χ3v) is 4.46. The SMILES string of the molecule is COC(=O)C1=C(C)N(C)C(=O)N[C@H]1c1c(Cl)nc2ccccn2c1=O. The number of hydrogen-bond acceptors (Lipinski definition) is 5. The molecule has 0 spiro atoms. The van der Waals surface area contributed by atoms with E-state index in [0.29, 0.717) is 11.3 Å². The Labute approximate surface area is 147 Å². The van der Waals surface area contributed by atoms with Crippen LogP contribution in [0.4, 0.5) is 4.79 Å². The van der Waals surface area contributed by atoms with Crippen LogP contribution in [0.2, 0.25) is 5.15 Å². The summed E-state index contributed by atoms with van der Waals surface area (Å²) in [5, 5.41) is 2.53. The maximum absolute atomic E-state index is 12.9. The Bertz CT molecular complexity index is 982. The summed E-state index contributed by atoms with van der Waals surface area (Å²) in [6.45, 7) is 1.60. The molecule has 130 valence electrons. The van der Waals surface area contributed by atoms with Gasteiger partial charge >= 0.3 is 12.0 Å². The zero-order chi connectivity index (χ0) is 18.3. The van der Waals surface area contributed by atoms with Crippen LogP contribution < -0.4 is 10.9 Å². The van der Waals surface area contributed by atoms with E-state index in [0.717, 1.165) is 0 Å². The van der Waals surface area contributed by atoms with Gasteiger partial charge in [0.15, 0.2) is 0 Å². The zero-order valence-corrected chi connectivity index (χ0v) is 14.5. The molecule has 0 fully saturated rings. The number of halogens is 1. The topological polar surface area (TPSA) is 93.0 Å². The standard InChI is InChI=1S/C16H15ClN4O4/c1-8-10(15(23)25-3)12(19-16(24)20(8)2)11-13(17)18-9-6-4-5-7-21(9)14(11)22/h4-7,12H,1-3H3,(H,19,24)/t12-/m1/s1. The molecule has 2 aromatic heterocycles. The van der Waals surface area contributed by atoms with Crippen LogP contribution in [0.15, 0.2) is 40.5 Å². The van der Waals surface area contributed by atoms with Crippen molar-refractivity contribution in [2.45, 2.75) is 13.0 Å². The molecule has 3 heterocycles. The van der Waals surface area contributed by atoms with E-state index < -0.39 is 23.6 Å². The lowest BCUT2D eigenvalue weighted by Crippen LogP contribution is -2.47. The van der Waals surface area contributed by atoms with E-state index in [9.17, 15) is 14.4 Å². The molecule has 0 saturated carbocycles. The van der Waals surface area contributed by atoms with Crippen molar-refractivity contribution in [2.24, 2.45) is 0 Å². The molecule has 3 rings (SSSR count). The lowest BCUT2D eigenvalue weighted by atomic mass is 9.97. The quantitative estimate of drug-likeness (QED) is 0.645.